The molecule has 0 atom stereocenters. The van der Waals surface area contributed by atoms with Crippen molar-refractivity contribution in [2.45, 2.75) is 33.0 Å². The second kappa shape index (κ2) is 6.17. The zero-order chi connectivity index (χ0) is 12.9. The summed E-state index contributed by atoms with van der Waals surface area (Å²) in [5.41, 5.74) is 2.74. The molecule has 0 spiro atoms. The first kappa shape index (κ1) is 14.2. The van der Waals surface area contributed by atoms with Crippen LogP contribution >= 0.6 is 0 Å². The van der Waals surface area contributed by atoms with Crippen LogP contribution in [0.1, 0.15) is 25.0 Å². The molecule has 0 saturated heterocycles. The van der Waals surface area contributed by atoms with Crippen molar-refractivity contribution < 1.29 is 0 Å². The van der Waals surface area contributed by atoms with Crippen LogP contribution in [0.25, 0.3) is 6.08 Å². The number of hydrogen-bond acceptors (Lipinski definition) is 1. The fourth-order valence-corrected chi connectivity index (χ4v) is 5.74. The van der Waals surface area contributed by atoms with Crippen LogP contribution in [-0.4, -0.2) is 25.9 Å². The summed E-state index contributed by atoms with van der Waals surface area (Å²) in [6, 6.07) is 9.84. The molecule has 0 N–H and O–H groups in total. The molecule has 0 aromatic heterocycles. The van der Waals surface area contributed by atoms with E-state index in [-0.39, 0.29) is 0 Å². The molecular formula is C15H25NSi. The van der Waals surface area contributed by atoms with E-state index in [1.54, 1.807) is 0 Å². The van der Waals surface area contributed by atoms with E-state index >= 15 is 0 Å². The minimum absolute atomic E-state index is 1.16. The summed E-state index contributed by atoms with van der Waals surface area (Å²) < 4.78 is 2.65. The van der Waals surface area contributed by atoms with Gasteiger partial charge in [0.05, 0.1) is 0 Å². The first-order valence-electron chi connectivity index (χ1n) is 6.50. The lowest BCUT2D eigenvalue weighted by molar-refractivity contribution is 0.464. The lowest BCUT2D eigenvalue weighted by atomic mass is 10.1. The van der Waals surface area contributed by atoms with Crippen molar-refractivity contribution in [2.24, 2.45) is 0 Å². The third-order valence-corrected chi connectivity index (χ3v) is 7.11. The van der Waals surface area contributed by atoms with Gasteiger partial charge in [0.2, 0.25) is 0 Å². The van der Waals surface area contributed by atoms with Crippen LogP contribution in [0.3, 0.4) is 0 Å². The minimum atomic E-state index is -1.34. The first-order valence-corrected chi connectivity index (χ1v) is 9.66. The summed E-state index contributed by atoms with van der Waals surface area (Å²) in [5.74, 6) is 0. The molecule has 0 aliphatic carbocycles. The lowest BCUT2D eigenvalue weighted by Crippen LogP contribution is -2.50. The second-order valence-corrected chi connectivity index (χ2v) is 9.68. The predicted octanol–water partition coefficient (Wildman–Crippen LogP) is 3.96. The van der Waals surface area contributed by atoms with E-state index in [0.717, 1.165) is 13.1 Å². The van der Waals surface area contributed by atoms with Crippen LogP contribution in [0.5, 0.6) is 0 Å². The van der Waals surface area contributed by atoms with Crippen molar-refractivity contribution in [1.82, 2.24) is 4.57 Å². The van der Waals surface area contributed by atoms with Gasteiger partial charge >= 0.3 is 0 Å². The molecule has 0 radical (unpaired) electrons. The van der Waals surface area contributed by atoms with Gasteiger partial charge in [0.15, 0.2) is 0 Å². The topological polar surface area (TPSA) is 3.24 Å². The van der Waals surface area contributed by atoms with Gasteiger partial charge in [-0.25, -0.2) is 0 Å². The largest absolute Gasteiger partial charge is 0.324 e. The Morgan fingerprint density at radius 1 is 1.18 bits per heavy atom. The van der Waals surface area contributed by atoms with Crippen molar-refractivity contribution in [3.05, 3.63) is 42.0 Å². The third kappa shape index (κ3) is 3.55. The molecule has 94 valence electrons. The summed E-state index contributed by atoms with van der Waals surface area (Å²) in [6.45, 7) is 15.7. The Hall–Kier alpha value is -0.863. The number of rotatable bonds is 6. The molecular weight excluding hydrogens is 222 g/mol. The van der Waals surface area contributed by atoms with E-state index in [1.807, 2.05) is 6.08 Å². The number of benzene rings is 1. The lowest BCUT2D eigenvalue weighted by Gasteiger charge is -2.35. The van der Waals surface area contributed by atoms with Gasteiger partial charge in [-0.1, -0.05) is 63.9 Å². The molecule has 1 rings (SSSR count). The molecule has 0 aliphatic heterocycles. The van der Waals surface area contributed by atoms with Gasteiger partial charge in [-0.05, 0) is 30.3 Å². The highest BCUT2D eigenvalue weighted by atomic mass is 28.3. The standard InChI is InChI=1S/C15H25NSi/c1-6-14-11-9-10-12-15(14)13-17(4,5)16(7-2)8-3/h6,9-12H,1,7-8,13H2,2-5H3. The zero-order valence-electron chi connectivity index (χ0n) is 11.7. The first-order chi connectivity index (χ1) is 8.05. The Morgan fingerprint density at radius 2 is 1.76 bits per heavy atom. The van der Waals surface area contributed by atoms with Crippen LogP contribution in [0.2, 0.25) is 13.1 Å². The maximum absolute atomic E-state index is 3.91. The molecule has 1 aromatic rings. The highest BCUT2D eigenvalue weighted by molar-refractivity contribution is 6.74. The van der Waals surface area contributed by atoms with Gasteiger partial charge in [0.1, 0.15) is 8.24 Å². The minimum Gasteiger partial charge on any atom is -0.324 e. The van der Waals surface area contributed by atoms with Crippen molar-refractivity contribution in [1.29, 1.82) is 0 Å². The second-order valence-electron chi connectivity index (χ2n) is 5.06. The maximum Gasteiger partial charge on any atom is 0.126 e. The van der Waals surface area contributed by atoms with E-state index < -0.39 is 8.24 Å². The molecule has 0 amide bonds. The Labute approximate surface area is 107 Å². The van der Waals surface area contributed by atoms with E-state index in [0.29, 0.717) is 0 Å². The van der Waals surface area contributed by atoms with Gasteiger partial charge in [-0.3, -0.25) is 0 Å². The van der Waals surface area contributed by atoms with Gasteiger partial charge in [-0.2, -0.15) is 0 Å². The fourth-order valence-electron chi connectivity index (χ4n) is 2.55. The molecule has 2 heteroatoms. The SMILES string of the molecule is C=Cc1ccccc1C[Si](C)(C)N(CC)CC. The molecule has 0 saturated carbocycles. The van der Waals surface area contributed by atoms with Crippen LogP contribution in [0, 0.1) is 0 Å². The summed E-state index contributed by atoms with van der Waals surface area (Å²) in [4.78, 5) is 0. The fraction of sp³-hybridized carbons (Fsp3) is 0.467. The van der Waals surface area contributed by atoms with Crippen molar-refractivity contribution in [2.75, 3.05) is 13.1 Å². The predicted molar refractivity (Wildman–Crippen MR) is 80.6 cm³/mol. The Kier molecular flexibility index (Phi) is 5.16. The molecule has 0 heterocycles. The van der Waals surface area contributed by atoms with Crippen molar-refractivity contribution >= 4 is 14.3 Å². The normalized spacial score (nSPS) is 11.8. The van der Waals surface area contributed by atoms with Gasteiger partial charge in [-0.15, -0.1) is 0 Å². The molecule has 1 aromatic carbocycles. The highest BCUT2D eigenvalue weighted by Gasteiger charge is 2.27. The van der Waals surface area contributed by atoms with Gasteiger partial charge in [0, 0.05) is 0 Å². The molecule has 17 heavy (non-hydrogen) atoms. The summed E-state index contributed by atoms with van der Waals surface area (Å²) in [7, 11) is -1.34. The zero-order valence-corrected chi connectivity index (χ0v) is 12.7. The molecule has 0 aliphatic rings. The smallest absolute Gasteiger partial charge is 0.126 e. The van der Waals surface area contributed by atoms with Crippen LogP contribution in [-0.2, 0) is 6.04 Å². The van der Waals surface area contributed by atoms with Crippen molar-refractivity contribution in [3.8, 4) is 0 Å². The van der Waals surface area contributed by atoms with Crippen LogP contribution < -0.4 is 0 Å². The van der Waals surface area contributed by atoms with Crippen LogP contribution in [0.4, 0.5) is 0 Å². The number of hydrogen-bond donors (Lipinski definition) is 0. The van der Waals surface area contributed by atoms with Crippen LogP contribution in [0.15, 0.2) is 30.8 Å². The van der Waals surface area contributed by atoms with E-state index in [4.69, 9.17) is 0 Å². The summed E-state index contributed by atoms with van der Waals surface area (Å²) >= 11 is 0. The quantitative estimate of drug-likeness (QED) is 0.688. The Morgan fingerprint density at radius 3 is 2.29 bits per heavy atom. The third-order valence-electron chi connectivity index (χ3n) is 3.52. The van der Waals surface area contributed by atoms with E-state index in [1.165, 1.54) is 17.2 Å². The molecule has 0 unspecified atom stereocenters. The van der Waals surface area contributed by atoms with E-state index in [2.05, 4.69) is 62.4 Å². The Balaban J connectivity index is 2.92. The molecule has 1 nitrogen and oxygen atoms in total. The van der Waals surface area contributed by atoms with Crippen molar-refractivity contribution in [3.63, 3.8) is 0 Å². The van der Waals surface area contributed by atoms with E-state index in [9.17, 15) is 0 Å². The summed E-state index contributed by atoms with van der Waals surface area (Å²) in [5, 5.41) is 0. The molecule has 0 bridgehead atoms. The highest BCUT2D eigenvalue weighted by Crippen LogP contribution is 2.19. The summed E-state index contributed by atoms with van der Waals surface area (Å²) in [6.07, 6.45) is 1.97. The monoisotopic (exact) mass is 247 g/mol. The Bertz CT molecular complexity index is 367. The van der Waals surface area contributed by atoms with Gasteiger partial charge in [0.25, 0.3) is 0 Å². The van der Waals surface area contributed by atoms with Gasteiger partial charge < -0.3 is 4.57 Å². The molecule has 0 fully saturated rings. The average Bonchev–Trinajstić information content (AvgIpc) is 2.30. The average molecular weight is 247 g/mol. The maximum atomic E-state index is 3.91. The number of nitrogens with zero attached hydrogens (tertiary/aromatic N) is 1.